The molecule has 0 radical (unpaired) electrons. The van der Waals surface area contributed by atoms with E-state index in [4.69, 9.17) is 15.8 Å². The van der Waals surface area contributed by atoms with E-state index in [0.717, 1.165) is 54.0 Å². The van der Waals surface area contributed by atoms with Crippen molar-refractivity contribution < 1.29 is 4.79 Å². The molecule has 34 heavy (non-hydrogen) atoms. The summed E-state index contributed by atoms with van der Waals surface area (Å²) in [5.41, 5.74) is 9.78. The van der Waals surface area contributed by atoms with E-state index in [1.54, 1.807) is 6.07 Å². The van der Waals surface area contributed by atoms with Crippen LogP contribution in [0, 0.1) is 18.3 Å². The summed E-state index contributed by atoms with van der Waals surface area (Å²) in [6.45, 7) is 7.63. The molecule has 4 aromatic rings. The molecule has 1 aliphatic heterocycles. The number of nitrogens with zero attached hydrogens (tertiary/aromatic N) is 6. The van der Waals surface area contributed by atoms with E-state index in [1.165, 1.54) is 19.3 Å². The third-order valence-electron chi connectivity index (χ3n) is 7.64. The number of benzene rings is 1. The number of H-pyrrole nitrogens is 1. The Bertz CT molecular complexity index is 1380. The summed E-state index contributed by atoms with van der Waals surface area (Å²) >= 11 is 0. The van der Waals surface area contributed by atoms with E-state index >= 15 is 0 Å². The van der Waals surface area contributed by atoms with Gasteiger partial charge in [-0.25, -0.2) is 4.98 Å². The molecule has 10 heteroatoms. The van der Waals surface area contributed by atoms with Crippen molar-refractivity contribution in [1.29, 1.82) is 0 Å². The molecule has 2 fully saturated rings. The van der Waals surface area contributed by atoms with Crippen LogP contribution in [0.4, 0.5) is 0 Å². The third kappa shape index (κ3) is 3.24. The van der Waals surface area contributed by atoms with Crippen LogP contribution in [0.25, 0.3) is 33.8 Å². The summed E-state index contributed by atoms with van der Waals surface area (Å²) < 4.78 is 3.93. The summed E-state index contributed by atoms with van der Waals surface area (Å²) in [4.78, 5) is 17.0. The number of aromatic amines is 1. The van der Waals surface area contributed by atoms with Gasteiger partial charge in [-0.15, -0.1) is 0 Å². The molecule has 176 valence electrons. The molecule has 1 aromatic carbocycles. The van der Waals surface area contributed by atoms with Gasteiger partial charge < -0.3 is 11.1 Å². The van der Waals surface area contributed by atoms with Crippen molar-refractivity contribution >= 4 is 16.8 Å². The number of aryl methyl sites for hydroxylation is 2. The van der Waals surface area contributed by atoms with E-state index in [0.29, 0.717) is 23.1 Å². The average Bonchev–Trinajstić information content (AvgIpc) is 3.62. The van der Waals surface area contributed by atoms with Gasteiger partial charge in [0.25, 0.3) is 0 Å². The molecule has 2 aliphatic rings. The van der Waals surface area contributed by atoms with Crippen LogP contribution in [-0.2, 0) is 13.1 Å². The van der Waals surface area contributed by atoms with Crippen molar-refractivity contribution in [1.82, 2.24) is 40.1 Å². The van der Waals surface area contributed by atoms with Gasteiger partial charge in [0.1, 0.15) is 5.69 Å². The average molecular weight is 460 g/mol. The van der Waals surface area contributed by atoms with Crippen LogP contribution >= 0.6 is 0 Å². The van der Waals surface area contributed by atoms with Gasteiger partial charge in [-0.3, -0.25) is 19.3 Å². The van der Waals surface area contributed by atoms with Crippen molar-refractivity contribution in [2.45, 2.75) is 46.2 Å². The number of nitrogens with one attached hydrogen (secondary N) is 2. The summed E-state index contributed by atoms with van der Waals surface area (Å²) in [5.74, 6) is 1.33. The summed E-state index contributed by atoms with van der Waals surface area (Å²) in [5, 5.41) is 21.3. The maximum atomic E-state index is 12.2. The van der Waals surface area contributed by atoms with Crippen LogP contribution in [0.15, 0.2) is 24.4 Å². The molecule has 4 N–H and O–H groups in total. The first-order valence-electron chi connectivity index (χ1n) is 11.9. The zero-order valence-electron chi connectivity index (χ0n) is 19.5. The molecule has 1 saturated carbocycles. The highest BCUT2D eigenvalue weighted by molar-refractivity contribution is 6.02. The third-order valence-corrected chi connectivity index (χ3v) is 7.64. The number of carbonyl (C=O) groups is 1. The lowest BCUT2D eigenvalue weighted by molar-refractivity contribution is 0.100. The van der Waals surface area contributed by atoms with Gasteiger partial charge in [0.05, 0.1) is 17.4 Å². The molecular weight excluding hydrogens is 430 g/mol. The van der Waals surface area contributed by atoms with Crippen LogP contribution in [0.1, 0.15) is 42.2 Å². The monoisotopic (exact) mass is 459 g/mol. The van der Waals surface area contributed by atoms with Crippen molar-refractivity contribution in [3.8, 4) is 22.9 Å². The van der Waals surface area contributed by atoms with Crippen LogP contribution in [-0.4, -0.2) is 53.7 Å². The molecule has 1 saturated heterocycles. The lowest BCUT2D eigenvalue weighted by atomic mass is 9.80. The fourth-order valence-electron chi connectivity index (χ4n) is 5.92. The number of hydrogen-bond donors (Lipinski definition) is 3. The number of rotatable bonds is 6. The van der Waals surface area contributed by atoms with E-state index in [2.05, 4.69) is 20.6 Å². The Kier molecular flexibility index (Phi) is 4.80. The second kappa shape index (κ2) is 7.76. The Morgan fingerprint density at radius 1 is 1.29 bits per heavy atom. The first-order valence-corrected chi connectivity index (χ1v) is 11.9. The zero-order valence-corrected chi connectivity index (χ0v) is 19.5. The minimum atomic E-state index is -0.481. The number of nitrogens with two attached hydrogens (primary N) is 1. The normalized spacial score (nSPS) is 22.0. The predicted octanol–water partition coefficient (Wildman–Crippen LogP) is 2.50. The second-order valence-electron chi connectivity index (χ2n) is 9.70. The fraction of sp³-hybridized carbons (Fsp3) is 0.458. The van der Waals surface area contributed by atoms with Crippen LogP contribution < -0.4 is 11.1 Å². The highest BCUT2D eigenvalue weighted by Gasteiger charge is 2.46. The predicted molar refractivity (Wildman–Crippen MR) is 128 cm³/mol. The maximum Gasteiger partial charge on any atom is 0.248 e. The zero-order chi connectivity index (χ0) is 23.4. The summed E-state index contributed by atoms with van der Waals surface area (Å²) in [7, 11) is 0. The molecule has 1 amide bonds. The summed E-state index contributed by atoms with van der Waals surface area (Å²) in [6, 6.07) is 5.59. The van der Waals surface area contributed by atoms with Gasteiger partial charge in [0.2, 0.25) is 5.91 Å². The molecular formula is C24H29N9O. The van der Waals surface area contributed by atoms with Gasteiger partial charge in [0.15, 0.2) is 11.6 Å². The quantitative estimate of drug-likeness (QED) is 0.406. The SMILES string of the molecule is CCn1nc(C)cc1-c1nc(-c2cc(C(N)=O)cc3c2cnn3CC23CCCC2CNC3)n[nH]1. The largest absolute Gasteiger partial charge is 0.366 e. The molecule has 3 aromatic heterocycles. The van der Waals surface area contributed by atoms with Gasteiger partial charge in [-0.1, -0.05) is 6.42 Å². The van der Waals surface area contributed by atoms with E-state index in [9.17, 15) is 4.79 Å². The van der Waals surface area contributed by atoms with Crippen LogP contribution in [0.3, 0.4) is 0 Å². The van der Waals surface area contributed by atoms with Crippen LogP contribution in [0.2, 0.25) is 0 Å². The van der Waals surface area contributed by atoms with Crippen molar-refractivity contribution in [2.75, 3.05) is 13.1 Å². The molecule has 10 nitrogen and oxygen atoms in total. The molecule has 0 spiro atoms. The minimum Gasteiger partial charge on any atom is -0.366 e. The first kappa shape index (κ1) is 21.0. The molecule has 2 atom stereocenters. The fourth-order valence-corrected chi connectivity index (χ4v) is 5.92. The molecule has 2 unspecified atom stereocenters. The summed E-state index contributed by atoms with van der Waals surface area (Å²) in [6.07, 6.45) is 5.58. The Balaban J connectivity index is 1.44. The van der Waals surface area contributed by atoms with E-state index < -0.39 is 5.91 Å². The van der Waals surface area contributed by atoms with Crippen molar-refractivity contribution in [3.63, 3.8) is 0 Å². The Morgan fingerprint density at radius 3 is 3.00 bits per heavy atom. The first-order chi connectivity index (χ1) is 16.5. The lowest BCUT2D eigenvalue weighted by Gasteiger charge is -2.28. The maximum absolute atomic E-state index is 12.2. The highest BCUT2D eigenvalue weighted by atomic mass is 16.1. The smallest absolute Gasteiger partial charge is 0.248 e. The number of carbonyl (C=O) groups excluding carboxylic acids is 1. The van der Waals surface area contributed by atoms with E-state index in [1.807, 2.05) is 41.5 Å². The standard InChI is InChI=1S/C24H29N9O/c1-3-32-20(7-14(2)31-32)23-28-22(29-30-23)17-8-15(21(25)34)9-19-18(17)11-27-33(19)13-24-6-4-5-16(24)10-26-12-24/h7-9,11,16,26H,3-6,10,12-13H2,1-2H3,(H2,25,34)(H,28,29,30). The second-order valence-corrected chi connectivity index (χ2v) is 9.70. The number of hydrogen-bond acceptors (Lipinski definition) is 6. The van der Waals surface area contributed by atoms with Gasteiger partial charge in [0, 0.05) is 41.6 Å². The Labute approximate surface area is 196 Å². The van der Waals surface area contributed by atoms with Gasteiger partial charge in [-0.2, -0.15) is 15.3 Å². The lowest BCUT2D eigenvalue weighted by Crippen LogP contribution is -2.31. The highest BCUT2D eigenvalue weighted by Crippen LogP contribution is 2.47. The minimum absolute atomic E-state index is 0.218. The Morgan fingerprint density at radius 2 is 2.18 bits per heavy atom. The topological polar surface area (TPSA) is 132 Å². The number of amides is 1. The van der Waals surface area contributed by atoms with E-state index in [-0.39, 0.29) is 5.41 Å². The number of primary amides is 1. The number of fused-ring (bicyclic) bond motifs is 2. The van der Waals surface area contributed by atoms with Crippen molar-refractivity contribution in [2.24, 2.45) is 17.1 Å². The van der Waals surface area contributed by atoms with Crippen LogP contribution in [0.5, 0.6) is 0 Å². The molecule has 4 heterocycles. The van der Waals surface area contributed by atoms with Crippen molar-refractivity contribution in [3.05, 3.63) is 35.7 Å². The molecule has 6 rings (SSSR count). The molecule has 1 aliphatic carbocycles. The van der Waals surface area contributed by atoms with Gasteiger partial charge >= 0.3 is 0 Å². The molecule has 0 bridgehead atoms. The van der Waals surface area contributed by atoms with Gasteiger partial charge in [-0.05, 0) is 57.4 Å². The number of aromatic nitrogens is 7. The Hall–Kier alpha value is -3.53.